The van der Waals surface area contributed by atoms with Gasteiger partial charge in [-0.05, 0) is 31.5 Å². The Hall–Kier alpha value is -1.88. The van der Waals surface area contributed by atoms with Crippen molar-refractivity contribution in [3.8, 4) is 0 Å². The van der Waals surface area contributed by atoms with Gasteiger partial charge in [-0.1, -0.05) is 30.3 Å². The number of hydrogen-bond acceptors (Lipinski definition) is 4. The van der Waals surface area contributed by atoms with Gasteiger partial charge in [0.2, 0.25) is 0 Å². The van der Waals surface area contributed by atoms with E-state index in [2.05, 4.69) is 10.1 Å². The first kappa shape index (κ1) is 12.6. The maximum Gasteiger partial charge on any atom is 0.412 e. The van der Waals surface area contributed by atoms with Gasteiger partial charge in [-0.3, -0.25) is 4.79 Å². The van der Waals surface area contributed by atoms with Crippen LogP contribution in [0.4, 0.5) is 4.79 Å². The molecule has 1 aromatic carbocycles. The Labute approximate surface area is 105 Å². The number of amides is 1. The maximum absolute atomic E-state index is 12.2. The van der Waals surface area contributed by atoms with Crippen LogP contribution < -0.4 is 11.1 Å². The van der Waals surface area contributed by atoms with Crippen LogP contribution in [0.3, 0.4) is 0 Å². The molecule has 1 fully saturated rings. The number of rotatable bonds is 2. The standard InChI is InChI=1S/C13H16N2O3/c14-12(17)18-11(16)13(6-8-15-9-7-13)10-4-2-1-3-5-10/h1-5,15H,6-9H2,(H2,14,17). The van der Waals surface area contributed by atoms with Crippen LogP contribution in [0.5, 0.6) is 0 Å². The minimum absolute atomic E-state index is 0.553. The van der Waals surface area contributed by atoms with Crippen LogP contribution in [0.2, 0.25) is 0 Å². The molecular formula is C13H16N2O3. The average molecular weight is 248 g/mol. The van der Waals surface area contributed by atoms with Crippen molar-refractivity contribution < 1.29 is 14.3 Å². The van der Waals surface area contributed by atoms with Gasteiger partial charge in [0.25, 0.3) is 0 Å². The van der Waals surface area contributed by atoms with E-state index in [0.29, 0.717) is 25.9 Å². The molecular weight excluding hydrogens is 232 g/mol. The van der Waals surface area contributed by atoms with Crippen molar-refractivity contribution in [1.29, 1.82) is 0 Å². The second kappa shape index (κ2) is 5.18. The van der Waals surface area contributed by atoms with Gasteiger partial charge >= 0.3 is 12.1 Å². The molecule has 0 saturated carbocycles. The second-order valence-electron chi connectivity index (χ2n) is 4.41. The molecule has 1 aliphatic rings. The van der Waals surface area contributed by atoms with Crippen molar-refractivity contribution in [2.45, 2.75) is 18.3 Å². The number of primary amides is 1. The molecule has 0 aliphatic carbocycles. The SMILES string of the molecule is NC(=O)OC(=O)C1(c2ccccc2)CCNCC1. The number of carbonyl (C=O) groups is 2. The molecule has 0 atom stereocenters. The lowest BCUT2D eigenvalue weighted by atomic mass is 9.73. The molecule has 1 aromatic rings. The molecule has 1 saturated heterocycles. The average Bonchev–Trinajstić information content (AvgIpc) is 2.40. The molecule has 1 amide bonds. The zero-order chi connectivity index (χ0) is 13.0. The first-order valence-electron chi connectivity index (χ1n) is 5.93. The predicted octanol–water partition coefficient (Wildman–Crippen LogP) is 0.930. The Morgan fingerprint density at radius 3 is 2.33 bits per heavy atom. The van der Waals surface area contributed by atoms with Gasteiger partial charge < -0.3 is 15.8 Å². The minimum atomic E-state index is -1.05. The molecule has 0 bridgehead atoms. The monoisotopic (exact) mass is 248 g/mol. The topological polar surface area (TPSA) is 81.4 Å². The van der Waals surface area contributed by atoms with E-state index in [9.17, 15) is 9.59 Å². The fourth-order valence-electron chi connectivity index (χ4n) is 2.41. The van der Waals surface area contributed by atoms with Crippen molar-refractivity contribution in [2.24, 2.45) is 5.73 Å². The number of esters is 1. The number of hydrogen-bond donors (Lipinski definition) is 2. The molecule has 0 unspecified atom stereocenters. The first-order chi connectivity index (χ1) is 8.65. The van der Waals surface area contributed by atoms with E-state index in [1.165, 1.54) is 0 Å². The highest BCUT2D eigenvalue weighted by Crippen LogP contribution is 2.34. The van der Waals surface area contributed by atoms with Crippen LogP contribution in [0, 0.1) is 0 Å². The molecule has 0 aromatic heterocycles. The van der Waals surface area contributed by atoms with Crippen molar-refractivity contribution >= 4 is 12.1 Å². The van der Waals surface area contributed by atoms with E-state index >= 15 is 0 Å². The Bertz CT molecular complexity index is 439. The molecule has 1 aliphatic heterocycles. The Balaban J connectivity index is 2.34. The number of benzene rings is 1. The lowest BCUT2D eigenvalue weighted by molar-refractivity contribution is -0.145. The van der Waals surface area contributed by atoms with E-state index in [-0.39, 0.29) is 0 Å². The molecule has 3 N–H and O–H groups in total. The van der Waals surface area contributed by atoms with E-state index in [4.69, 9.17) is 5.73 Å². The van der Waals surface area contributed by atoms with Crippen molar-refractivity contribution in [1.82, 2.24) is 5.32 Å². The Kier molecular flexibility index (Phi) is 3.62. The minimum Gasteiger partial charge on any atom is -0.376 e. The van der Waals surface area contributed by atoms with Crippen molar-refractivity contribution in [3.05, 3.63) is 35.9 Å². The fourth-order valence-corrected chi connectivity index (χ4v) is 2.41. The van der Waals surface area contributed by atoms with Gasteiger partial charge in [0.1, 0.15) is 0 Å². The smallest absolute Gasteiger partial charge is 0.376 e. The lowest BCUT2D eigenvalue weighted by Crippen LogP contribution is -2.47. The third kappa shape index (κ3) is 2.36. The summed E-state index contributed by atoms with van der Waals surface area (Å²) < 4.78 is 4.62. The van der Waals surface area contributed by atoms with E-state index in [1.807, 2.05) is 30.3 Å². The molecule has 1 heterocycles. The van der Waals surface area contributed by atoms with Gasteiger partial charge in [0.05, 0.1) is 5.41 Å². The van der Waals surface area contributed by atoms with Gasteiger partial charge in [-0.15, -0.1) is 0 Å². The van der Waals surface area contributed by atoms with Crippen molar-refractivity contribution in [3.63, 3.8) is 0 Å². The van der Waals surface area contributed by atoms with Crippen LogP contribution in [-0.4, -0.2) is 25.2 Å². The summed E-state index contributed by atoms with van der Waals surface area (Å²) in [5, 5.41) is 3.19. The summed E-state index contributed by atoms with van der Waals surface area (Å²) in [6, 6.07) is 9.40. The highest BCUT2D eigenvalue weighted by molar-refractivity contribution is 5.91. The Morgan fingerprint density at radius 2 is 1.78 bits per heavy atom. The second-order valence-corrected chi connectivity index (χ2v) is 4.41. The van der Waals surface area contributed by atoms with Crippen LogP contribution in [0.1, 0.15) is 18.4 Å². The van der Waals surface area contributed by atoms with Crippen LogP contribution in [-0.2, 0) is 14.9 Å². The van der Waals surface area contributed by atoms with Gasteiger partial charge in [0, 0.05) is 0 Å². The number of ether oxygens (including phenoxy) is 1. The van der Waals surface area contributed by atoms with Crippen LogP contribution in [0.25, 0.3) is 0 Å². The van der Waals surface area contributed by atoms with E-state index < -0.39 is 17.5 Å². The molecule has 0 radical (unpaired) electrons. The number of carbonyl (C=O) groups excluding carboxylic acids is 2. The van der Waals surface area contributed by atoms with Crippen molar-refractivity contribution in [2.75, 3.05) is 13.1 Å². The highest BCUT2D eigenvalue weighted by atomic mass is 16.6. The van der Waals surface area contributed by atoms with Gasteiger partial charge in [0.15, 0.2) is 0 Å². The summed E-state index contributed by atoms with van der Waals surface area (Å²) in [6.07, 6.45) is 0.153. The summed E-state index contributed by atoms with van der Waals surface area (Å²) >= 11 is 0. The third-order valence-corrected chi connectivity index (χ3v) is 3.37. The van der Waals surface area contributed by atoms with Gasteiger partial charge in [-0.25, -0.2) is 4.79 Å². The van der Waals surface area contributed by atoms with E-state index in [1.54, 1.807) is 0 Å². The fraction of sp³-hybridized carbons (Fsp3) is 0.385. The number of piperidine rings is 1. The summed E-state index contributed by atoms with van der Waals surface area (Å²) in [5.41, 5.74) is 5.05. The van der Waals surface area contributed by atoms with Crippen LogP contribution >= 0.6 is 0 Å². The molecule has 5 heteroatoms. The third-order valence-electron chi connectivity index (χ3n) is 3.37. The van der Waals surface area contributed by atoms with Gasteiger partial charge in [-0.2, -0.15) is 0 Å². The Morgan fingerprint density at radius 1 is 1.17 bits per heavy atom. The summed E-state index contributed by atoms with van der Waals surface area (Å²) in [5.74, 6) is -0.553. The quantitative estimate of drug-likeness (QED) is 0.602. The summed E-state index contributed by atoms with van der Waals surface area (Å²) in [6.45, 7) is 1.42. The number of nitrogens with two attached hydrogens (primary N) is 1. The summed E-state index contributed by atoms with van der Waals surface area (Å²) in [4.78, 5) is 23.0. The normalized spacial score (nSPS) is 18.0. The predicted molar refractivity (Wildman–Crippen MR) is 65.9 cm³/mol. The molecule has 18 heavy (non-hydrogen) atoms. The van der Waals surface area contributed by atoms with Crippen LogP contribution in [0.15, 0.2) is 30.3 Å². The molecule has 96 valence electrons. The zero-order valence-corrected chi connectivity index (χ0v) is 10.0. The molecule has 0 spiro atoms. The summed E-state index contributed by atoms with van der Waals surface area (Å²) in [7, 11) is 0. The molecule has 5 nitrogen and oxygen atoms in total. The lowest BCUT2D eigenvalue weighted by Gasteiger charge is -2.35. The highest BCUT2D eigenvalue weighted by Gasteiger charge is 2.43. The maximum atomic E-state index is 12.2. The molecule has 2 rings (SSSR count). The first-order valence-corrected chi connectivity index (χ1v) is 5.93. The zero-order valence-electron chi connectivity index (χ0n) is 10.0. The van der Waals surface area contributed by atoms with E-state index in [0.717, 1.165) is 5.56 Å². The largest absolute Gasteiger partial charge is 0.412 e. The number of nitrogens with one attached hydrogen (secondary N) is 1.